The van der Waals surface area contributed by atoms with Crippen LogP contribution in [0.3, 0.4) is 0 Å². The molecule has 0 aliphatic rings. The van der Waals surface area contributed by atoms with Gasteiger partial charge in [-0.1, -0.05) is 26.7 Å². The van der Waals surface area contributed by atoms with E-state index < -0.39 is 0 Å². The molecule has 1 aromatic rings. The Hall–Kier alpha value is -1.45. The highest BCUT2D eigenvalue weighted by atomic mass is 16.5. The van der Waals surface area contributed by atoms with Crippen LogP contribution in [0.25, 0.3) is 0 Å². The Labute approximate surface area is 97.2 Å². The quantitative estimate of drug-likeness (QED) is 0.778. The second-order valence-corrected chi connectivity index (χ2v) is 3.86. The zero-order valence-corrected chi connectivity index (χ0v) is 10.3. The molecule has 0 fully saturated rings. The minimum atomic E-state index is 0.481. The van der Waals surface area contributed by atoms with E-state index in [1.54, 1.807) is 13.2 Å². The summed E-state index contributed by atoms with van der Waals surface area (Å²) < 4.78 is 5.07. The van der Waals surface area contributed by atoms with Crippen LogP contribution in [0.15, 0.2) is 12.1 Å². The molecule has 0 saturated heterocycles. The van der Waals surface area contributed by atoms with Crippen LogP contribution < -0.4 is 15.8 Å². The highest BCUT2D eigenvalue weighted by molar-refractivity contribution is 5.53. The van der Waals surface area contributed by atoms with Crippen molar-refractivity contribution in [2.24, 2.45) is 5.92 Å². The molecular weight excluding hydrogens is 202 g/mol. The largest absolute Gasteiger partial charge is 0.479 e. The molecule has 4 heteroatoms. The SMILES string of the molecule is CCC(CC)CNc1ccc(N)c(OC)n1. The third-order valence-electron chi connectivity index (χ3n) is 2.81. The number of nitrogens with two attached hydrogens (primary N) is 1. The fourth-order valence-electron chi connectivity index (χ4n) is 1.54. The molecule has 0 unspecified atom stereocenters. The number of methoxy groups -OCH3 is 1. The smallest absolute Gasteiger partial charge is 0.238 e. The molecular formula is C12H21N3O. The van der Waals surface area contributed by atoms with E-state index >= 15 is 0 Å². The number of nitrogens with one attached hydrogen (secondary N) is 1. The maximum atomic E-state index is 5.69. The molecule has 0 amide bonds. The molecule has 90 valence electrons. The maximum Gasteiger partial charge on any atom is 0.238 e. The van der Waals surface area contributed by atoms with Crippen LogP contribution in [0.1, 0.15) is 26.7 Å². The summed E-state index contributed by atoms with van der Waals surface area (Å²) in [6, 6.07) is 3.68. The van der Waals surface area contributed by atoms with Crippen LogP contribution in [0, 0.1) is 5.92 Å². The average molecular weight is 223 g/mol. The number of aromatic nitrogens is 1. The summed E-state index contributed by atoms with van der Waals surface area (Å²) in [7, 11) is 1.57. The number of ether oxygens (including phenoxy) is 1. The normalized spacial score (nSPS) is 10.5. The Kier molecular flexibility index (Phi) is 4.89. The second-order valence-electron chi connectivity index (χ2n) is 3.86. The van der Waals surface area contributed by atoms with Crippen molar-refractivity contribution in [3.05, 3.63) is 12.1 Å². The lowest BCUT2D eigenvalue weighted by Gasteiger charge is -2.14. The number of hydrogen-bond acceptors (Lipinski definition) is 4. The fraction of sp³-hybridized carbons (Fsp3) is 0.583. The number of anilines is 2. The van der Waals surface area contributed by atoms with Gasteiger partial charge in [-0.3, -0.25) is 0 Å². The highest BCUT2D eigenvalue weighted by Gasteiger charge is 2.05. The van der Waals surface area contributed by atoms with E-state index in [4.69, 9.17) is 10.5 Å². The van der Waals surface area contributed by atoms with Gasteiger partial charge in [0.25, 0.3) is 0 Å². The number of pyridine rings is 1. The van der Waals surface area contributed by atoms with E-state index in [9.17, 15) is 0 Å². The molecule has 1 heterocycles. The second kappa shape index (κ2) is 6.20. The molecule has 16 heavy (non-hydrogen) atoms. The summed E-state index contributed by atoms with van der Waals surface area (Å²) in [4.78, 5) is 4.27. The first-order valence-corrected chi connectivity index (χ1v) is 5.75. The van der Waals surface area contributed by atoms with E-state index in [2.05, 4.69) is 24.1 Å². The van der Waals surface area contributed by atoms with E-state index in [0.717, 1.165) is 12.4 Å². The standard InChI is InChI=1S/C12H21N3O/c1-4-9(5-2)8-14-11-7-6-10(13)12(15-11)16-3/h6-7,9H,4-5,8,13H2,1-3H3,(H,14,15). The van der Waals surface area contributed by atoms with Crippen LogP contribution in [-0.4, -0.2) is 18.6 Å². The molecule has 0 radical (unpaired) electrons. The topological polar surface area (TPSA) is 60.2 Å². The van der Waals surface area contributed by atoms with Crippen LogP contribution in [0.4, 0.5) is 11.5 Å². The van der Waals surface area contributed by atoms with Gasteiger partial charge in [-0.15, -0.1) is 0 Å². The lowest BCUT2D eigenvalue weighted by Crippen LogP contribution is -2.13. The van der Waals surface area contributed by atoms with Crippen LogP contribution >= 0.6 is 0 Å². The van der Waals surface area contributed by atoms with E-state index in [1.807, 2.05) is 6.07 Å². The van der Waals surface area contributed by atoms with E-state index in [1.165, 1.54) is 12.8 Å². The molecule has 0 atom stereocenters. The molecule has 0 saturated carbocycles. The lowest BCUT2D eigenvalue weighted by atomic mass is 10.0. The van der Waals surface area contributed by atoms with E-state index in [-0.39, 0.29) is 0 Å². The van der Waals surface area contributed by atoms with Gasteiger partial charge in [0.05, 0.1) is 12.8 Å². The first-order valence-electron chi connectivity index (χ1n) is 5.75. The Morgan fingerprint density at radius 1 is 1.38 bits per heavy atom. The van der Waals surface area contributed by atoms with Crippen LogP contribution in [-0.2, 0) is 0 Å². The van der Waals surface area contributed by atoms with Crippen LogP contribution in [0.5, 0.6) is 5.88 Å². The lowest BCUT2D eigenvalue weighted by molar-refractivity contribution is 0.400. The number of hydrogen-bond donors (Lipinski definition) is 2. The minimum Gasteiger partial charge on any atom is -0.479 e. The van der Waals surface area contributed by atoms with Crippen molar-refractivity contribution in [1.29, 1.82) is 0 Å². The van der Waals surface area contributed by atoms with Gasteiger partial charge < -0.3 is 15.8 Å². The summed E-state index contributed by atoms with van der Waals surface area (Å²) in [6.07, 6.45) is 2.35. The zero-order chi connectivity index (χ0) is 12.0. The monoisotopic (exact) mass is 223 g/mol. The van der Waals surface area contributed by atoms with Crippen molar-refractivity contribution in [2.45, 2.75) is 26.7 Å². The maximum absolute atomic E-state index is 5.69. The first-order chi connectivity index (χ1) is 7.71. The molecule has 0 spiro atoms. The van der Waals surface area contributed by atoms with Gasteiger partial charge in [0.15, 0.2) is 0 Å². The highest BCUT2D eigenvalue weighted by Crippen LogP contribution is 2.20. The van der Waals surface area contributed by atoms with Crippen molar-refractivity contribution in [2.75, 3.05) is 24.7 Å². The third-order valence-corrected chi connectivity index (χ3v) is 2.81. The van der Waals surface area contributed by atoms with Gasteiger partial charge in [0.2, 0.25) is 5.88 Å². The molecule has 1 aromatic heterocycles. The zero-order valence-electron chi connectivity index (χ0n) is 10.3. The Morgan fingerprint density at radius 3 is 2.62 bits per heavy atom. The Bertz CT molecular complexity index is 324. The number of nitrogen functional groups attached to an aromatic ring is 1. The fourth-order valence-corrected chi connectivity index (χ4v) is 1.54. The minimum absolute atomic E-state index is 0.481. The van der Waals surface area contributed by atoms with Crippen molar-refractivity contribution in [3.63, 3.8) is 0 Å². The van der Waals surface area contributed by atoms with Gasteiger partial charge in [0, 0.05) is 6.54 Å². The van der Waals surface area contributed by atoms with Gasteiger partial charge in [-0.2, -0.15) is 4.98 Å². The van der Waals surface area contributed by atoms with Crippen molar-refractivity contribution < 1.29 is 4.74 Å². The summed E-state index contributed by atoms with van der Waals surface area (Å²) in [6.45, 7) is 5.34. The van der Waals surface area contributed by atoms with Gasteiger partial charge in [-0.25, -0.2) is 0 Å². The molecule has 0 aliphatic heterocycles. The molecule has 0 bridgehead atoms. The third kappa shape index (κ3) is 3.29. The summed E-state index contributed by atoms with van der Waals surface area (Å²) in [5.41, 5.74) is 6.26. The Balaban J connectivity index is 2.60. The molecule has 0 aromatic carbocycles. The number of rotatable bonds is 6. The summed E-state index contributed by atoms with van der Waals surface area (Å²) in [5, 5.41) is 3.30. The molecule has 3 N–H and O–H groups in total. The molecule has 0 aliphatic carbocycles. The van der Waals surface area contributed by atoms with E-state index in [0.29, 0.717) is 17.5 Å². The summed E-state index contributed by atoms with van der Waals surface area (Å²) >= 11 is 0. The van der Waals surface area contributed by atoms with Gasteiger partial charge in [-0.05, 0) is 18.1 Å². The van der Waals surface area contributed by atoms with Crippen LogP contribution in [0.2, 0.25) is 0 Å². The molecule has 4 nitrogen and oxygen atoms in total. The molecule has 1 rings (SSSR count). The van der Waals surface area contributed by atoms with Gasteiger partial charge in [0.1, 0.15) is 5.82 Å². The number of nitrogens with zero attached hydrogens (tertiary/aromatic N) is 1. The van der Waals surface area contributed by atoms with Gasteiger partial charge >= 0.3 is 0 Å². The Morgan fingerprint density at radius 2 is 2.06 bits per heavy atom. The van der Waals surface area contributed by atoms with Crippen molar-refractivity contribution in [3.8, 4) is 5.88 Å². The van der Waals surface area contributed by atoms with Crippen molar-refractivity contribution in [1.82, 2.24) is 4.98 Å². The first kappa shape index (κ1) is 12.6. The average Bonchev–Trinajstić information content (AvgIpc) is 2.32. The van der Waals surface area contributed by atoms with Crippen molar-refractivity contribution >= 4 is 11.5 Å². The summed E-state index contributed by atoms with van der Waals surface area (Å²) in [5.74, 6) is 1.98. The predicted octanol–water partition coefficient (Wildman–Crippen LogP) is 2.52. The predicted molar refractivity (Wildman–Crippen MR) is 67.8 cm³/mol.